The lowest BCUT2D eigenvalue weighted by Crippen LogP contribution is -2.43. The van der Waals surface area contributed by atoms with E-state index in [1.807, 2.05) is 38.1 Å². The van der Waals surface area contributed by atoms with Crippen LogP contribution in [0.1, 0.15) is 36.9 Å². The second-order valence-corrected chi connectivity index (χ2v) is 9.38. The summed E-state index contributed by atoms with van der Waals surface area (Å²) in [6.45, 7) is 4.68. The van der Waals surface area contributed by atoms with Crippen LogP contribution in [0.4, 0.5) is 0 Å². The number of benzene rings is 2. The number of carbonyl (C=O) groups excluding carboxylic acids is 1. The van der Waals surface area contributed by atoms with Gasteiger partial charge in [-0.15, -0.1) is 0 Å². The minimum Gasteiger partial charge on any atom is -0.497 e. The fourth-order valence-corrected chi connectivity index (χ4v) is 5.21. The molecule has 0 radical (unpaired) electrons. The molecule has 0 unspecified atom stereocenters. The summed E-state index contributed by atoms with van der Waals surface area (Å²) in [5, 5.41) is 3.08. The van der Waals surface area contributed by atoms with Gasteiger partial charge >= 0.3 is 0 Å². The van der Waals surface area contributed by atoms with Crippen molar-refractivity contribution in [3.63, 3.8) is 0 Å². The van der Waals surface area contributed by atoms with Crippen LogP contribution in [0.2, 0.25) is 0 Å². The molecule has 0 bridgehead atoms. The molecule has 1 N–H and O–H groups in total. The molecule has 1 aliphatic heterocycles. The first kappa shape index (κ1) is 21.3. The van der Waals surface area contributed by atoms with Crippen molar-refractivity contribution in [2.24, 2.45) is 5.92 Å². The van der Waals surface area contributed by atoms with E-state index in [9.17, 15) is 13.2 Å². The van der Waals surface area contributed by atoms with Crippen molar-refractivity contribution in [1.29, 1.82) is 0 Å². The van der Waals surface area contributed by atoms with E-state index < -0.39 is 10.0 Å². The fourth-order valence-electron chi connectivity index (χ4n) is 3.74. The average Bonchev–Trinajstić information content (AvgIpc) is 2.74. The number of methoxy groups -OCH3 is 1. The molecule has 6 nitrogen and oxygen atoms in total. The summed E-state index contributed by atoms with van der Waals surface area (Å²) in [4.78, 5) is 12.9. The van der Waals surface area contributed by atoms with Crippen molar-refractivity contribution in [2.75, 3.05) is 20.2 Å². The van der Waals surface area contributed by atoms with Crippen LogP contribution in [0.3, 0.4) is 0 Å². The van der Waals surface area contributed by atoms with Crippen LogP contribution in [-0.2, 0) is 14.8 Å². The number of nitrogens with one attached hydrogen (secondary N) is 1. The highest BCUT2D eigenvalue weighted by atomic mass is 32.2. The van der Waals surface area contributed by atoms with E-state index in [0.29, 0.717) is 31.7 Å². The van der Waals surface area contributed by atoms with E-state index in [1.54, 1.807) is 31.4 Å². The average molecular weight is 417 g/mol. The van der Waals surface area contributed by atoms with Gasteiger partial charge in [-0.3, -0.25) is 4.79 Å². The number of piperidine rings is 1. The topological polar surface area (TPSA) is 75.7 Å². The van der Waals surface area contributed by atoms with Gasteiger partial charge in [0.05, 0.1) is 18.0 Å². The predicted molar refractivity (Wildman–Crippen MR) is 112 cm³/mol. The molecule has 0 saturated carbocycles. The highest BCUT2D eigenvalue weighted by molar-refractivity contribution is 7.89. The van der Waals surface area contributed by atoms with Gasteiger partial charge in [-0.1, -0.05) is 24.3 Å². The summed E-state index contributed by atoms with van der Waals surface area (Å²) < 4.78 is 32.2. The maximum atomic E-state index is 12.8. The number of ether oxygens (including phenoxy) is 1. The summed E-state index contributed by atoms with van der Waals surface area (Å²) in [6.07, 6.45) is 1.03. The highest BCUT2D eigenvalue weighted by Gasteiger charge is 2.32. The Labute approximate surface area is 172 Å². The lowest BCUT2D eigenvalue weighted by Gasteiger charge is -2.31. The van der Waals surface area contributed by atoms with Crippen molar-refractivity contribution in [3.8, 4) is 5.75 Å². The third kappa shape index (κ3) is 4.79. The van der Waals surface area contributed by atoms with Gasteiger partial charge in [0.2, 0.25) is 15.9 Å². The van der Waals surface area contributed by atoms with E-state index in [2.05, 4.69) is 5.32 Å². The number of amides is 1. The standard InChI is InChI=1S/C22H28N2O4S/c1-16-6-4-5-7-21(16)17(2)23-22(25)18-12-14-24(15-13-18)29(26,27)20-10-8-19(28-3)9-11-20/h4-11,17-18H,12-15H2,1-3H3,(H,23,25)/t17-/m0/s1. The Morgan fingerprint density at radius 3 is 2.31 bits per heavy atom. The molecule has 1 atom stereocenters. The SMILES string of the molecule is COc1ccc(S(=O)(=O)N2CCC(C(=O)N[C@@H](C)c3ccccc3C)CC2)cc1. The number of sulfonamides is 1. The van der Waals surface area contributed by atoms with Gasteiger partial charge in [0.25, 0.3) is 0 Å². The number of nitrogens with zero attached hydrogens (tertiary/aromatic N) is 1. The first-order valence-electron chi connectivity index (χ1n) is 9.83. The van der Waals surface area contributed by atoms with Crippen molar-refractivity contribution in [2.45, 2.75) is 37.6 Å². The number of carbonyl (C=O) groups is 1. The molecule has 1 saturated heterocycles. The van der Waals surface area contributed by atoms with Crippen LogP contribution in [0.15, 0.2) is 53.4 Å². The smallest absolute Gasteiger partial charge is 0.243 e. The third-order valence-corrected chi connectivity index (χ3v) is 7.45. The predicted octanol–water partition coefficient (Wildman–Crippen LogP) is 3.28. The Bertz CT molecular complexity index is 949. The Morgan fingerprint density at radius 2 is 1.72 bits per heavy atom. The van der Waals surface area contributed by atoms with E-state index >= 15 is 0 Å². The van der Waals surface area contributed by atoms with Gasteiger partial charge in [-0.2, -0.15) is 4.31 Å². The molecule has 1 aliphatic rings. The van der Waals surface area contributed by atoms with Crippen LogP contribution in [0, 0.1) is 12.8 Å². The van der Waals surface area contributed by atoms with Crippen LogP contribution in [0.25, 0.3) is 0 Å². The van der Waals surface area contributed by atoms with Gasteiger partial charge in [-0.25, -0.2) is 8.42 Å². The lowest BCUT2D eigenvalue weighted by atomic mass is 9.96. The Hall–Kier alpha value is -2.38. The summed E-state index contributed by atoms with van der Waals surface area (Å²) >= 11 is 0. The molecule has 2 aromatic rings. The number of hydrogen-bond acceptors (Lipinski definition) is 4. The molecule has 1 fully saturated rings. The fraction of sp³-hybridized carbons (Fsp3) is 0.409. The normalized spacial score (nSPS) is 16.9. The quantitative estimate of drug-likeness (QED) is 0.784. The summed E-state index contributed by atoms with van der Waals surface area (Å²) in [5.74, 6) is 0.424. The maximum absolute atomic E-state index is 12.8. The number of rotatable bonds is 6. The summed E-state index contributed by atoms with van der Waals surface area (Å²) in [5.41, 5.74) is 2.24. The Kier molecular flexibility index (Phi) is 6.59. The van der Waals surface area contributed by atoms with E-state index in [4.69, 9.17) is 4.74 Å². The van der Waals surface area contributed by atoms with E-state index in [1.165, 1.54) is 4.31 Å². The highest BCUT2D eigenvalue weighted by Crippen LogP contribution is 2.26. The molecule has 156 valence electrons. The summed E-state index contributed by atoms with van der Waals surface area (Å²) in [6, 6.07) is 14.3. The third-order valence-electron chi connectivity index (χ3n) is 5.54. The molecule has 0 spiro atoms. The zero-order valence-corrected chi connectivity index (χ0v) is 17.9. The van der Waals surface area contributed by atoms with Crippen molar-refractivity contribution < 1.29 is 17.9 Å². The number of aryl methyl sites for hydroxylation is 1. The zero-order valence-electron chi connectivity index (χ0n) is 17.1. The first-order valence-corrected chi connectivity index (χ1v) is 11.3. The molecule has 3 rings (SSSR count). The van der Waals surface area contributed by atoms with Crippen LogP contribution >= 0.6 is 0 Å². The Balaban J connectivity index is 1.59. The molecule has 1 heterocycles. The van der Waals surface area contributed by atoms with Crippen molar-refractivity contribution >= 4 is 15.9 Å². The first-order chi connectivity index (χ1) is 13.8. The molecule has 0 aromatic heterocycles. The minimum atomic E-state index is -3.56. The van der Waals surface area contributed by atoms with Gasteiger partial charge in [0.15, 0.2) is 0 Å². The van der Waals surface area contributed by atoms with Gasteiger partial charge in [-0.05, 0) is 62.1 Å². The van der Waals surface area contributed by atoms with Crippen LogP contribution in [0.5, 0.6) is 5.75 Å². The van der Waals surface area contributed by atoms with Crippen LogP contribution in [-0.4, -0.2) is 38.8 Å². The van der Waals surface area contributed by atoms with Gasteiger partial charge in [0.1, 0.15) is 5.75 Å². The molecule has 29 heavy (non-hydrogen) atoms. The van der Waals surface area contributed by atoms with E-state index in [-0.39, 0.29) is 22.8 Å². The van der Waals surface area contributed by atoms with Crippen molar-refractivity contribution in [1.82, 2.24) is 9.62 Å². The molecular weight excluding hydrogens is 388 g/mol. The molecular formula is C22H28N2O4S. The number of hydrogen-bond donors (Lipinski definition) is 1. The van der Waals surface area contributed by atoms with Gasteiger partial charge in [0, 0.05) is 19.0 Å². The van der Waals surface area contributed by atoms with Crippen molar-refractivity contribution in [3.05, 3.63) is 59.7 Å². The van der Waals surface area contributed by atoms with Gasteiger partial charge < -0.3 is 10.1 Å². The molecule has 7 heteroatoms. The van der Waals surface area contributed by atoms with E-state index in [0.717, 1.165) is 11.1 Å². The minimum absolute atomic E-state index is 0.0118. The summed E-state index contributed by atoms with van der Waals surface area (Å²) in [7, 11) is -2.02. The second-order valence-electron chi connectivity index (χ2n) is 7.44. The monoisotopic (exact) mass is 416 g/mol. The lowest BCUT2D eigenvalue weighted by molar-refractivity contribution is -0.126. The van der Waals surface area contributed by atoms with Crippen LogP contribution < -0.4 is 10.1 Å². The maximum Gasteiger partial charge on any atom is 0.243 e. The Morgan fingerprint density at radius 1 is 1.10 bits per heavy atom. The molecule has 1 amide bonds. The molecule has 2 aromatic carbocycles. The largest absolute Gasteiger partial charge is 0.497 e. The zero-order chi connectivity index (χ0) is 21.0. The molecule has 0 aliphatic carbocycles. The second kappa shape index (κ2) is 8.97.